The Morgan fingerprint density at radius 2 is 2.08 bits per heavy atom. The Kier molecular flexibility index (Phi) is 4.90. The van der Waals surface area contributed by atoms with Gasteiger partial charge < -0.3 is 5.11 Å². The molecule has 0 bridgehead atoms. The van der Waals surface area contributed by atoms with Crippen LogP contribution in [0, 0.1) is 5.82 Å². The Morgan fingerprint density at radius 3 is 2.80 bits per heavy atom. The van der Waals surface area contributed by atoms with Crippen molar-refractivity contribution in [3.63, 3.8) is 0 Å². The molecule has 0 amide bonds. The highest BCUT2D eigenvalue weighted by atomic mass is 32.2. The Morgan fingerprint density at radius 1 is 1.28 bits per heavy atom. The van der Waals surface area contributed by atoms with E-state index in [0.717, 1.165) is 34.5 Å². The molecular formula is C13H9F3N4O4S. The van der Waals surface area contributed by atoms with Crippen LogP contribution < -0.4 is 5.76 Å². The van der Waals surface area contributed by atoms with Crippen LogP contribution >= 0.6 is 11.8 Å². The summed E-state index contributed by atoms with van der Waals surface area (Å²) in [5.74, 6) is -1.97. The van der Waals surface area contributed by atoms with Crippen molar-refractivity contribution in [3.05, 3.63) is 40.1 Å². The molecule has 0 aliphatic carbocycles. The van der Waals surface area contributed by atoms with E-state index in [-0.39, 0.29) is 34.6 Å². The van der Waals surface area contributed by atoms with Crippen LogP contribution in [0.15, 0.2) is 37.2 Å². The molecule has 0 atom stereocenters. The number of alkyl halides is 2. The van der Waals surface area contributed by atoms with Gasteiger partial charge in [0.2, 0.25) is 5.82 Å². The monoisotopic (exact) mass is 374 g/mol. The Balaban J connectivity index is 2.12. The van der Waals surface area contributed by atoms with Crippen molar-refractivity contribution >= 4 is 11.8 Å². The zero-order valence-corrected chi connectivity index (χ0v) is 13.0. The number of aliphatic hydroxyl groups is 1. The largest absolute Gasteiger partial charge is 0.446 e. The Hall–Kier alpha value is -2.60. The highest BCUT2D eigenvalue weighted by Crippen LogP contribution is 2.29. The molecule has 0 saturated heterocycles. The van der Waals surface area contributed by atoms with E-state index in [1.54, 1.807) is 0 Å². The maximum atomic E-state index is 13.5. The Bertz CT molecular complexity index is 939. The molecule has 132 valence electrons. The second-order valence-corrected chi connectivity index (χ2v) is 5.69. The van der Waals surface area contributed by atoms with E-state index < -0.39 is 23.6 Å². The van der Waals surface area contributed by atoms with Gasteiger partial charge in [-0.05, 0) is 28.5 Å². The molecule has 0 radical (unpaired) electrons. The molecule has 8 nitrogen and oxygen atoms in total. The normalized spacial score (nSPS) is 11.4. The first-order chi connectivity index (χ1) is 12.0. The lowest BCUT2D eigenvalue weighted by Crippen LogP contribution is -2.14. The third-order valence-corrected chi connectivity index (χ3v) is 4.01. The van der Waals surface area contributed by atoms with Crippen LogP contribution in [-0.2, 0) is 0 Å². The van der Waals surface area contributed by atoms with Gasteiger partial charge in [0.05, 0.1) is 17.9 Å². The quantitative estimate of drug-likeness (QED) is 0.653. The zero-order chi connectivity index (χ0) is 18.0. The summed E-state index contributed by atoms with van der Waals surface area (Å²) in [4.78, 5) is 12.0. The fraction of sp³-hybridized carbons (Fsp3) is 0.231. The van der Waals surface area contributed by atoms with Gasteiger partial charge in [-0.15, -0.1) is 0 Å². The highest BCUT2D eigenvalue weighted by Gasteiger charge is 2.24. The van der Waals surface area contributed by atoms with Gasteiger partial charge in [0.15, 0.2) is 10.7 Å². The minimum Gasteiger partial charge on any atom is -0.396 e. The van der Waals surface area contributed by atoms with E-state index in [1.165, 1.54) is 0 Å². The van der Waals surface area contributed by atoms with Crippen LogP contribution in [0.2, 0.25) is 0 Å². The number of hydrogen-bond acceptors (Lipinski definition) is 8. The van der Waals surface area contributed by atoms with Crippen molar-refractivity contribution in [2.45, 2.75) is 11.5 Å². The lowest BCUT2D eigenvalue weighted by Gasteiger charge is -2.07. The number of aliphatic hydroxyl groups excluding tert-OH is 1. The minimum atomic E-state index is -3.07. The van der Waals surface area contributed by atoms with Gasteiger partial charge in [-0.1, -0.05) is 16.9 Å². The first kappa shape index (κ1) is 17.2. The van der Waals surface area contributed by atoms with E-state index >= 15 is 0 Å². The number of thioether (sulfide) groups is 1. The van der Waals surface area contributed by atoms with Crippen molar-refractivity contribution in [2.24, 2.45) is 0 Å². The SMILES string of the molecule is O=c1onc(-c2nonc2SCCO)n1-c1ccc(F)c(C(F)F)c1. The van der Waals surface area contributed by atoms with Gasteiger partial charge in [-0.2, -0.15) is 0 Å². The van der Waals surface area contributed by atoms with Gasteiger partial charge in [0.1, 0.15) is 5.82 Å². The summed E-state index contributed by atoms with van der Waals surface area (Å²) in [5.41, 5.74) is -0.934. The predicted molar refractivity (Wildman–Crippen MR) is 78.1 cm³/mol. The van der Waals surface area contributed by atoms with Crippen LogP contribution in [0.3, 0.4) is 0 Å². The molecule has 2 aromatic heterocycles. The summed E-state index contributed by atoms with van der Waals surface area (Å²) < 4.78 is 49.3. The number of halogens is 3. The molecule has 0 saturated carbocycles. The molecule has 0 aliphatic rings. The van der Waals surface area contributed by atoms with Gasteiger partial charge in [-0.25, -0.2) is 27.2 Å². The molecular weight excluding hydrogens is 365 g/mol. The standard InChI is InChI=1S/C13H9F3N4O4S/c14-8-2-1-6(5-7(8)10(15)16)20-11(18-23-13(20)22)9-12(19-24-17-9)25-4-3-21/h1-2,5,10,21H,3-4H2. The van der Waals surface area contributed by atoms with Gasteiger partial charge >= 0.3 is 5.76 Å². The smallest absolute Gasteiger partial charge is 0.396 e. The van der Waals surface area contributed by atoms with Crippen LogP contribution in [0.5, 0.6) is 0 Å². The third kappa shape index (κ3) is 3.30. The fourth-order valence-corrected chi connectivity index (χ4v) is 2.65. The van der Waals surface area contributed by atoms with E-state index in [1.807, 2.05) is 0 Å². The van der Waals surface area contributed by atoms with Crippen molar-refractivity contribution in [1.82, 2.24) is 20.0 Å². The minimum absolute atomic E-state index is 0.0206. The van der Waals surface area contributed by atoms with Crippen molar-refractivity contribution in [3.8, 4) is 17.2 Å². The average molecular weight is 374 g/mol. The number of rotatable bonds is 6. The van der Waals surface area contributed by atoms with E-state index in [9.17, 15) is 18.0 Å². The van der Waals surface area contributed by atoms with Crippen LogP contribution in [0.25, 0.3) is 17.2 Å². The summed E-state index contributed by atoms with van der Waals surface area (Å²) in [6, 6.07) is 2.75. The topological polar surface area (TPSA) is 107 Å². The molecule has 1 aromatic carbocycles. The van der Waals surface area contributed by atoms with Crippen molar-refractivity contribution < 1.29 is 27.4 Å². The molecule has 2 heterocycles. The van der Waals surface area contributed by atoms with E-state index in [0.29, 0.717) is 0 Å². The lowest BCUT2D eigenvalue weighted by atomic mass is 10.2. The summed E-state index contributed by atoms with van der Waals surface area (Å²) in [6.45, 7) is -0.141. The first-order valence-electron chi connectivity index (χ1n) is 6.76. The summed E-state index contributed by atoms with van der Waals surface area (Å²) in [6.07, 6.45) is -3.07. The summed E-state index contributed by atoms with van der Waals surface area (Å²) in [7, 11) is 0. The molecule has 0 unspecified atom stereocenters. The molecule has 3 rings (SSSR count). The molecule has 0 fully saturated rings. The van der Waals surface area contributed by atoms with Gasteiger partial charge in [-0.3, -0.25) is 4.52 Å². The third-order valence-electron chi connectivity index (χ3n) is 3.08. The highest BCUT2D eigenvalue weighted by molar-refractivity contribution is 7.99. The number of benzene rings is 1. The number of aromatic nitrogens is 4. The second-order valence-electron chi connectivity index (χ2n) is 4.60. The summed E-state index contributed by atoms with van der Waals surface area (Å²) in [5, 5.41) is 19.9. The zero-order valence-electron chi connectivity index (χ0n) is 12.2. The fourth-order valence-electron chi connectivity index (χ4n) is 2.02. The Labute approximate surface area is 141 Å². The van der Waals surface area contributed by atoms with Gasteiger partial charge in [0, 0.05) is 5.75 Å². The van der Waals surface area contributed by atoms with Gasteiger partial charge in [0.25, 0.3) is 6.43 Å². The molecule has 0 spiro atoms. The van der Waals surface area contributed by atoms with Crippen LogP contribution in [-0.4, -0.2) is 37.5 Å². The lowest BCUT2D eigenvalue weighted by molar-refractivity contribution is 0.146. The summed E-state index contributed by atoms with van der Waals surface area (Å²) >= 11 is 1.08. The maximum absolute atomic E-state index is 13.5. The van der Waals surface area contributed by atoms with E-state index in [4.69, 9.17) is 5.11 Å². The van der Waals surface area contributed by atoms with Crippen LogP contribution in [0.1, 0.15) is 12.0 Å². The molecule has 0 aliphatic heterocycles. The second kappa shape index (κ2) is 7.11. The molecule has 3 aromatic rings. The predicted octanol–water partition coefficient (Wildman–Crippen LogP) is 2.04. The maximum Gasteiger partial charge on any atom is 0.446 e. The number of nitrogens with zero attached hydrogens (tertiary/aromatic N) is 4. The molecule has 12 heteroatoms. The van der Waals surface area contributed by atoms with Crippen molar-refractivity contribution in [2.75, 3.05) is 12.4 Å². The van der Waals surface area contributed by atoms with Crippen LogP contribution in [0.4, 0.5) is 13.2 Å². The number of hydrogen-bond donors (Lipinski definition) is 1. The van der Waals surface area contributed by atoms with Crippen molar-refractivity contribution in [1.29, 1.82) is 0 Å². The molecule has 1 N–H and O–H groups in total. The average Bonchev–Trinajstić information content (AvgIpc) is 3.19. The van der Waals surface area contributed by atoms with E-state index in [2.05, 4.69) is 24.6 Å². The molecule has 25 heavy (non-hydrogen) atoms. The first-order valence-corrected chi connectivity index (χ1v) is 7.74.